The van der Waals surface area contributed by atoms with E-state index in [9.17, 15) is 4.79 Å². The molecule has 2 fully saturated rings. The summed E-state index contributed by atoms with van der Waals surface area (Å²) in [6.45, 7) is 0. The minimum atomic E-state index is 0.0194. The molecule has 0 aliphatic carbocycles. The molecule has 1 aromatic heterocycles. The predicted octanol–water partition coefficient (Wildman–Crippen LogP) is 2.82. The summed E-state index contributed by atoms with van der Waals surface area (Å²) in [5.74, 6) is 0.0194. The Kier molecular flexibility index (Phi) is 3.68. The van der Waals surface area contributed by atoms with Crippen molar-refractivity contribution in [1.82, 2.24) is 15.6 Å². The zero-order valence-electron chi connectivity index (χ0n) is 12.3. The first-order chi connectivity index (χ1) is 10.8. The summed E-state index contributed by atoms with van der Waals surface area (Å²) in [6.07, 6.45) is 6.28. The Hall–Kier alpha value is -1.72. The molecule has 4 rings (SSSR count). The van der Waals surface area contributed by atoms with Crippen molar-refractivity contribution < 1.29 is 4.79 Å². The fourth-order valence-corrected chi connectivity index (χ4v) is 4.35. The van der Waals surface area contributed by atoms with Gasteiger partial charge in [0.05, 0.1) is 6.20 Å². The molecule has 2 aliphatic rings. The van der Waals surface area contributed by atoms with E-state index in [1.54, 1.807) is 6.20 Å². The second-order valence-electron chi connectivity index (χ2n) is 6.18. The first kappa shape index (κ1) is 13.9. The van der Waals surface area contributed by atoms with Crippen LogP contribution in [0.4, 0.5) is 0 Å². The van der Waals surface area contributed by atoms with Crippen molar-refractivity contribution in [2.75, 3.05) is 0 Å². The number of nitrogens with zero attached hydrogens (tertiary/aromatic N) is 1. The number of hydrogen-bond donors (Lipinski definition) is 2. The summed E-state index contributed by atoms with van der Waals surface area (Å²) in [7, 11) is 0. The normalized spacial score (nSPS) is 26.8. The summed E-state index contributed by atoms with van der Waals surface area (Å²) in [5, 5.41) is 7.69. The second-order valence-corrected chi connectivity index (χ2v) is 7.21. The first-order valence-corrected chi connectivity index (χ1v) is 8.68. The van der Waals surface area contributed by atoms with Gasteiger partial charge in [0, 0.05) is 23.7 Å². The van der Waals surface area contributed by atoms with E-state index in [0.29, 0.717) is 23.0 Å². The lowest BCUT2D eigenvalue weighted by Gasteiger charge is -2.29. The number of fused-ring (bicyclic) bond motifs is 2. The fraction of sp³-hybridized carbons (Fsp3) is 0.412. The van der Waals surface area contributed by atoms with Gasteiger partial charge in [-0.15, -0.1) is 11.3 Å². The van der Waals surface area contributed by atoms with Crippen molar-refractivity contribution in [1.29, 1.82) is 0 Å². The van der Waals surface area contributed by atoms with Gasteiger partial charge in [-0.2, -0.15) is 0 Å². The van der Waals surface area contributed by atoms with Crippen LogP contribution in [0, 0.1) is 0 Å². The molecule has 2 saturated heterocycles. The lowest BCUT2D eigenvalue weighted by molar-refractivity contribution is 0.0928. The van der Waals surface area contributed by atoms with Crippen LogP contribution in [-0.2, 0) is 0 Å². The van der Waals surface area contributed by atoms with E-state index in [4.69, 9.17) is 0 Å². The van der Waals surface area contributed by atoms with Gasteiger partial charge < -0.3 is 10.6 Å². The van der Waals surface area contributed by atoms with Crippen molar-refractivity contribution in [3.63, 3.8) is 0 Å². The molecule has 2 aromatic rings. The Morgan fingerprint density at radius 2 is 1.91 bits per heavy atom. The number of amides is 1. The maximum Gasteiger partial charge on any atom is 0.263 e. The SMILES string of the molecule is O=C(NC1CC2CCC(C1)N2)c1cnc(-c2ccccc2)s1. The van der Waals surface area contributed by atoms with Crippen LogP contribution < -0.4 is 10.6 Å². The highest BCUT2D eigenvalue weighted by Gasteiger charge is 2.34. The lowest BCUT2D eigenvalue weighted by Crippen LogP contribution is -2.47. The molecule has 3 heterocycles. The van der Waals surface area contributed by atoms with Crippen LogP contribution in [0.3, 0.4) is 0 Å². The maximum atomic E-state index is 12.4. The van der Waals surface area contributed by atoms with E-state index < -0.39 is 0 Å². The Morgan fingerprint density at radius 3 is 2.64 bits per heavy atom. The van der Waals surface area contributed by atoms with Gasteiger partial charge in [0.25, 0.3) is 5.91 Å². The summed E-state index contributed by atoms with van der Waals surface area (Å²) < 4.78 is 0. The highest BCUT2D eigenvalue weighted by molar-refractivity contribution is 7.16. The monoisotopic (exact) mass is 313 g/mol. The maximum absolute atomic E-state index is 12.4. The average Bonchev–Trinajstić information content (AvgIpc) is 3.15. The number of carbonyl (C=O) groups is 1. The zero-order chi connectivity index (χ0) is 14.9. The highest BCUT2D eigenvalue weighted by atomic mass is 32.1. The third-order valence-electron chi connectivity index (χ3n) is 4.56. The van der Waals surface area contributed by atoms with E-state index in [0.717, 1.165) is 23.4 Å². The quantitative estimate of drug-likeness (QED) is 0.916. The molecule has 0 spiro atoms. The topological polar surface area (TPSA) is 54.0 Å². The molecule has 1 amide bonds. The van der Waals surface area contributed by atoms with Crippen LogP contribution >= 0.6 is 11.3 Å². The van der Waals surface area contributed by atoms with Crippen LogP contribution in [0.1, 0.15) is 35.4 Å². The van der Waals surface area contributed by atoms with E-state index >= 15 is 0 Å². The molecule has 2 bridgehead atoms. The van der Waals surface area contributed by atoms with E-state index in [1.807, 2.05) is 30.3 Å². The van der Waals surface area contributed by atoms with Gasteiger partial charge in [0.2, 0.25) is 0 Å². The number of thiazole rings is 1. The summed E-state index contributed by atoms with van der Waals surface area (Å²) in [4.78, 5) is 17.5. The number of aromatic nitrogens is 1. The molecule has 2 N–H and O–H groups in total. The smallest absolute Gasteiger partial charge is 0.263 e. The summed E-state index contributed by atoms with van der Waals surface area (Å²) in [6, 6.07) is 11.5. The predicted molar refractivity (Wildman–Crippen MR) is 88.0 cm³/mol. The van der Waals surface area contributed by atoms with E-state index in [2.05, 4.69) is 15.6 Å². The zero-order valence-corrected chi connectivity index (χ0v) is 13.1. The fourth-order valence-electron chi connectivity index (χ4n) is 3.52. The van der Waals surface area contributed by atoms with Crippen molar-refractivity contribution in [3.05, 3.63) is 41.4 Å². The molecule has 2 aliphatic heterocycles. The molecular weight excluding hydrogens is 294 g/mol. The standard InChI is InChI=1S/C17H19N3OS/c21-16(20-14-8-12-6-7-13(9-14)19-12)15-10-18-17(22-15)11-4-2-1-3-5-11/h1-5,10,12-14,19H,6-9H2,(H,20,21). The molecule has 1 aromatic carbocycles. The minimum Gasteiger partial charge on any atom is -0.348 e. The van der Waals surface area contributed by atoms with Gasteiger partial charge >= 0.3 is 0 Å². The molecule has 114 valence electrons. The number of nitrogens with one attached hydrogen (secondary N) is 2. The first-order valence-electron chi connectivity index (χ1n) is 7.86. The lowest BCUT2D eigenvalue weighted by atomic mass is 10.00. The molecule has 0 radical (unpaired) electrons. The molecular formula is C17H19N3OS. The molecule has 0 saturated carbocycles. The van der Waals surface area contributed by atoms with Crippen molar-refractivity contribution in [3.8, 4) is 10.6 Å². The Labute approximate surface area is 134 Å². The Balaban J connectivity index is 1.44. The van der Waals surface area contributed by atoms with Gasteiger partial charge in [0.1, 0.15) is 9.88 Å². The van der Waals surface area contributed by atoms with Crippen molar-refractivity contribution >= 4 is 17.2 Å². The van der Waals surface area contributed by atoms with Crippen molar-refractivity contribution in [2.24, 2.45) is 0 Å². The van der Waals surface area contributed by atoms with Gasteiger partial charge in [0.15, 0.2) is 0 Å². The van der Waals surface area contributed by atoms with E-state index in [-0.39, 0.29) is 5.91 Å². The van der Waals surface area contributed by atoms with E-state index in [1.165, 1.54) is 24.2 Å². The molecule has 5 heteroatoms. The van der Waals surface area contributed by atoms with Crippen LogP contribution in [0.15, 0.2) is 36.5 Å². The summed E-state index contributed by atoms with van der Waals surface area (Å²) >= 11 is 1.46. The summed E-state index contributed by atoms with van der Waals surface area (Å²) in [5.41, 5.74) is 1.06. The number of hydrogen-bond acceptors (Lipinski definition) is 4. The van der Waals surface area contributed by atoms with Crippen LogP contribution in [-0.4, -0.2) is 29.0 Å². The number of rotatable bonds is 3. The number of carbonyl (C=O) groups excluding carboxylic acids is 1. The molecule has 22 heavy (non-hydrogen) atoms. The van der Waals surface area contributed by atoms with Gasteiger partial charge in [-0.25, -0.2) is 4.98 Å². The Morgan fingerprint density at radius 1 is 1.18 bits per heavy atom. The van der Waals surface area contributed by atoms with Gasteiger partial charge in [-0.3, -0.25) is 4.79 Å². The Bertz CT molecular complexity index is 658. The number of piperidine rings is 1. The highest BCUT2D eigenvalue weighted by Crippen LogP contribution is 2.28. The largest absolute Gasteiger partial charge is 0.348 e. The van der Waals surface area contributed by atoms with Gasteiger partial charge in [-0.1, -0.05) is 30.3 Å². The molecule has 4 nitrogen and oxygen atoms in total. The van der Waals surface area contributed by atoms with Crippen molar-refractivity contribution in [2.45, 2.75) is 43.8 Å². The molecule has 2 atom stereocenters. The van der Waals surface area contributed by atoms with Crippen LogP contribution in [0.5, 0.6) is 0 Å². The van der Waals surface area contributed by atoms with Gasteiger partial charge in [-0.05, 0) is 25.7 Å². The third-order valence-corrected chi connectivity index (χ3v) is 5.60. The van der Waals surface area contributed by atoms with Crippen LogP contribution in [0.25, 0.3) is 10.6 Å². The third kappa shape index (κ3) is 2.78. The minimum absolute atomic E-state index is 0.0194. The van der Waals surface area contributed by atoms with Crippen LogP contribution in [0.2, 0.25) is 0 Å². The number of benzene rings is 1. The average molecular weight is 313 g/mol. The second kappa shape index (κ2) is 5.82. The molecule has 2 unspecified atom stereocenters.